The molecule has 0 saturated heterocycles. The van der Waals surface area contributed by atoms with Gasteiger partial charge in [-0.1, -0.05) is 6.07 Å². The van der Waals surface area contributed by atoms with Gasteiger partial charge in [-0.2, -0.15) is 5.26 Å². The SMILES string of the molecule is CN(C)[C@H](CNC(=O)c1cccc(C#N)c1)c1ccco1. The molecule has 0 unspecified atom stereocenters. The van der Waals surface area contributed by atoms with Gasteiger partial charge in [-0.05, 0) is 44.4 Å². The number of rotatable bonds is 5. The molecular formula is C16H17N3O2. The molecule has 0 bridgehead atoms. The first-order valence-corrected chi connectivity index (χ1v) is 6.60. The van der Waals surface area contributed by atoms with Gasteiger partial charge in [-0.3, -0.25) is 9.69 Å². The number of likely N-dealkylation sites (N-methyl/N-ethyl adjacent to an activating group) is 1. The second kappa shape index (κ2) is 6.73. The number of nitrogens with zero attached hydrogens (tertiary/aromatic N) is 2. The lowest BCUT2D eigenvalue weighted by Gasteiger charge is -2.22. The van der Waals surface area contributed by atoms with Crippen molar-refractivity contribution in [3.63, 3.8) is 0 Å². The van der Waals surface area contributed by atoms with Crippen LogP contribution >= 0.6 is 0 Å². The summed E-state index contributed by atoms with van der Waals surface area (Å²) >= 11 is 0. The Morgan fingerprint density at radius 1 is 1.38 bits per heavy atom. The summed E-state index contributed by atoms with van der Waals surface area (Å²) in [5.74, 6) is 0.594. The highest BCUT2D eigenvalue weighted by Gasteiger charge is 2.18. The van der Waals surface area contributed by atoms with Crippen LogP contribution in [0.4, 0.5) is 0 Å². The second-order valence-corrected chi connectivity index (χ2v) is 4.90. The fourth-order valence-corrected chi connectivity index (χ4v) is 2.04. The Bertz CT molecular complexity index is 642. The zero-order chi connectivity index (χ0) is 15.2. The van der Waals surface area contributed by atoms with E-state index < -0.39 is 0 Å². The summed E-state index contributed by atoms with van der Waals surface area (Å²) in [5, 5.41) is 11.7. The topological polar surface area (TPSA) is 69.3 Å². The minimum atomic E-state index is -0.203. The van der Waals surface area contributed by atoms with Crippen LogP contribution in [0, 0.1) is 11.3 Å². The van der Waals surface area contributed by atoms with Crippen molar-refractivity contribution in [3.8, 4) is 6.07 Å². The number of nitrogens with one attached hydrogen (secondary N) is 1. The lowest BCUT2D eigenvalue weighted by Crippen LogP contribution is -2.34. The Morgan fingerprint density at radius 3 is 2.81 bits per heavy atom. The van der Waals surface area contributed by atoms with Gasteiger partial charge in [0.05, 0.1) is 23.9 Å². The smallest absolute Gasteiger partial charge is 0.251 e. The number of benzene rings is 1. The maximum Gasteiger partial charge on any atom is 0.251 e. The molecule has 2 rings (SSSR count). The Labute approximate surface area is 123 Å². The highest BCUT2D eigenvalue weighted by atomic mass is 16.3. The zero-order valence-electron chi connectivity index (χ0n) is 12.0. The first-order chi connectivity index (χ1) is 10.1. The maximum atomic E-state index is 12.1. The van der Waals surface area contributed by atoms with Crippen LogP contribution < -0.4 is 5.32 Å². The Hall–Kier alpha value is -2.58. The van der Waals surface area contributed by atoms with Gasteiger partial charge in [0.2, 0.25) is 0 Å². The standard InChI is InChI=1S/C16H17N3O2/c1-19(2)14(15-7-4-8-21-15)11-18-16(20)13-6-3-5-12(9-13)10-17/h3-9,14H,11H2,1-2H3,(H,18,20)/t14-/m1/s1. The van der Waals surface area contributed by atoms with Crippen molar-refractivity contribution in [3.05, 3.63) is 59.5 Å². The Morgan fingerprint density at radius 2 is 2.19 bits per heavy atom. The molecule has 0 aliphatic carbocycles. The average Bonchev–Trinajstić information content (AvgIpc) is 3.01. The number of carbonyl (C=O) groups is 1. The highest BCUT2D eigenvalue weighted by molar-refractivity contribution is 5.94. The van der Waals surface area contributed by atoms with Gasteiger partial charge in [0, 0.05) is 12.1 Å². The van der Waals surface area contributed by atoms with Gasteiger partial charge >= 0.3 is 0 Å². The molecule has 0 saturated carbocycles. The van der Waals surface area contributed by atoms with Crippen molar-refractivity contribution >= 4 is 5.91 Å². The molecule has 5 heteroatoms. The minimum absolute atomic E-state index is 0.0388. The molecule has 0 spiro atoms. The van der Waals surface area contributed by atoms with Crippen molar-refractivity contribution in [2.24, 2.45) is 0 Å². The third-order valence-electron chi connectivity index (χ3n) is 3.20. The lowest BCUT2D eigenvalue weighted by molar-refractivity contribution is 0.0939. The quantitative estimate of drug-likeness (QED) is 0.913. The van der Waals surface area contributed by atoms with E-state index in [0.29, 0.717) is 17.7 Å². The van der Waals surface area contributed by atoms with Gasteiger partial charge in [0.25, 0.3) is 5.91 Å². The van der Waals surface area contributed by atoms with Gasteiger partial charge < -0.3 is 9.73 Å². The van der Waals surface area contributed by atoms with Gasteiger partial charge in [-0.15, -0.1) is 0 Å². The predicted molar refractivity (Wildman–Crippen MR) is 78.6 cm³/mol. The van der Waals surface area contributed by atoms with Crippen LogP contribution in [-0.4, -0.2) is 31.4 Å². The van der Waals surface area contributed by atoms with Gasteiger partial charge in [0.15, 0.2) is 0 Å². The van der Waals surface area contributed by atoms with Crippen LogP contribution in [0.25, 0.3) is 0 Å². The number of hydrogen-bond donors (Lipinski definition) is 1. The monoisotopic (exact) mass is 283 g/mol. The summed E-state index contributed by atoms with van der Waals surface area (Å²) in [5.41, 5.74) is 0.948. The molecule has 1 atom stereocenters. The fraction of sp³-hybridized carbons (Fsp3) is 0.250. The summed E-state index contributed by atoms with van der Waals surface area (Å²) in [7, 11) is 3.85. The van der Waals surface area contributed by atoms with E-state index >= 15 is 0 Å². The van der Waals surface area contributed by atoms with Crippen molar-refractivity contribution in [1.29, 1.82) is 5.26 Å². The number of carbonyl (C=O) groups excluding carboxylic acids is 1. The third kappa shape index (κ3) is 3.71. The van der Waals surface area contributed by atoms with Crippen LogP contribution in [0.5, 0.6) is 0 Å². The summed E-state index contributed by atoms with van der Waals surface area (Å²) in [6, 6.07) is 12.3. The zero-order valence-corrected chi connectivity index (χ0v) is 12.0. The first-order valence-electron chi connectivity index (χ1n) is 6.60. The van der Waals surface area contributed by atoms with E-state index in [1.165, 1.54) is 0 Å². The maximum absolute atomic E-state index is 12.1. The molecule has 0 radical (unpaired) electrons. The van der Waals surface area contributed by atoms with Crippen molar-refractivity contribution in [2.45, 2.75) is 6.04 Å². The first kappa shape index (κ1) is 14.8. The second-order valence-electron chi connectivity index (χ2n) is 4.90. The largest absolute Gasteiger partial charge is 0.468 e. The van der Waals surface area contributed by atoms with Crippen LogP contribution in [-0.2, 0) is 0 Å². The molecule has 1 aromatic heterocycles. The van der Waals surface area contributed by atoms with Gasteiger partial charge in [0.1, 0.15) is 5.76 Å². The Balaban J connectivity index is 2.04. The van der Waals surface area contributed by atoms with Crippen molar-refractivity contribution in [2.75, 3.05) is 20.6 Å². The molecule has 108 valence electrons. The number of hydrogen-bond acceptors (Lipinski definition) is 4. The van der Waals surface area contributed by atoms with Crippen molar-refractivity contribution in [1.82, 2.24) is 10.2 Å². The molecule has 5 nitrogen and oxygen atoms in total. The van der Waals surface area contributed by atoms with Crippen LogP contribution in [0.2, 0.25) is 0 Å². The van der Waals surface area contributed by atoms with E-state index in [-0.39, 0.29) is 11.9 Å². The van der Waals surface area contributed by atoms with Gasteiger partial charge in [-0.25, -0.2) is 0 Å². The number of amides is 1. The predicted octanol–water partition coefficient (Wildman–Crippen LogP) is 2.18. The van der Waals surface area contributed by atoms with Crippen LogP contribution in [0.1, 0.15) is 27.7 Å². The molecule has 1 aromatic carbocycles. The normalized spacial score (nSPS) is 11.9. The minimum Gasteiger partial charge on any atom is -0.468 e. The molecule has 1 heterocycles. The Kier molecular flexibility index (Phi) is 4.75. The molecule has 0 aliphatic rings. The summed E-state index contributed by atoms with van der Waals surface area (Å²) in [4.78, 5) is 14.1. The number of furan rings is 1. The fourth-order valence-electron chi connectivity index (χ4n) is 2.04. The summed E-state index contributed by atoms with van der Waals surface area (Å²) in [6.07, 6.45) is 1.62. The average molecular weight is 283 g/mol. The summed E-state index contributed by atoms with van der Waals surface area (Å²) in [6.45, 7) is 0.427. The van der Waals surface area contributed by atoms with Crippen molar-refractivity contribution < 1.29 is 9.21 Å². The molecule has 0 aliphatic heterocycles. The third-order valence-corrected chi connectivity index (χ3v) is 3.20. The van der Waals surface area contributed by atoms with E-state index in [4.69, 9.17) is 9.68 Å². The molecule has 1 N–H and O–H groups in total. The van der Waals surface area contributed by atoms with E-state index in [9.17, 15) is 4.79 Å². The summed E-state index contributed by atoms with van der Waals surface area (Å²) < 4.78 is 5.40. The van der Waals surface area contributed by atoms with E-state index in [0.717, 1.165) is 5.76 Å². The van der Waals surface area contributed by atoms with E-state index in [1.807, 2.05) is 37.2 Å². The number of nitriles is 1. The highest BCUT2D eigenvalue weighted by Crippen LogP contribution is 2.17. The molecule has 21 heavy (non-hydrogen) atoms. The van der Waals surface area contributed by atoms with Crippen LogP contribution in [0.3, 0.4) is 0 Å². The molecule has 0 fully saturated rings. The molecule has 1 amide bonds. The van der Waals surface area contributed by atoms with E-state index in [1.54, 1.807) is 30.5 Å². The van der Waals surface area contributed by atoms with Crippen LogP contribution in [0.15, 0.2) is 47.1 Å². The van der Waals surface area contributed by atoms with E-state index in [2.05, 4.69) is 5.32 Å². The molecular weight excluding hydrogens is 266 g/mol. The lowest BCUT2D eigenvalue weighted by atomic mass is 10.1. The molecule has 2 aromatic rings.